The highest BCUT2D eigenvalue weighted by Crippen LogP contribution is 2.22. The summed E-state index contributed by atoms with van der Waals surface area (Å²) in [7, 11) is 1.76. The van der Waals surface area contributed by atoms with Gasteiger partial charge in [-0.05, 0) is 26.0 Å². The summed E-state index contributed by atoms with van der Waals surface area (Å²) in [5.41, 5.74) is 0. The Kier molecular flexibility index (Phi) is 5.25. The van der Waals surface area contributed by atoms with E-state index in [4.69, 9.17) is 16.3 Å². The van der Waals surface area contributed by atoms with Gasteiger partial charge in [-0.15, -0.1) is 11.3 Å². The average Bonchev–Trinajstić information content (AvgIpc) is 2.60. The summed E-state index contributed by atoms with van der Waals surface area (Å²) in [6, 6.07) is 3.77. The molecule has 0 aliphatic heterocycles. The van der Waals surface area contributed by atoms with Gasteiger partial charge in [-0.1, -0.05) is 11.6 Å². The van der Waals surface area contributed by atoms with Crippen LogP contribution < -0.4 is 0 Å². The van der Waals surface area contributed by atoms with E-state index in [0.717, 1.165) is 9.21 Å². The SMILES string of the molecule is CC(C)OCC(=O)N(C)Cc1ccc(Cl)s1. The molecule has 1 rings (SSSR count). The molecule has 1 aromatic rings. The van der Waals surface area contributed by atoms with Crippen LogP contribution in [0.5, 0.6) is 0 Å². The van der Waals surface area contributed by atoms with Crippen LogP contribution in [0.1, 0.15) is 18.7 Å². The Bertz CT molecular complexity index is 352. The van der Waals surface area contributed by atoms with Crippen molar-refractivity contribution in [3.05, 3.63) is 21.3 Å². The Balaban J connectivity index is 2.39. The molecule has 1 aromatic heterocycles. The Morgan fingerprint density at radius 3 is 2.75 bits per heavy atom. The van der Waals surface area contributed by atoms with Crippen LogP contribution in [-0.4, -0.2) is 30.6 Å². The van der Waals surface area contributed by atoms with Crippen molar-refractivity contribution in [3.63, 3.8) is 0 Å². The standard InChI is InChI=1S/C11H16ClNO2S/c1-8(2)15-7-11(14)13(3)6-9-4-5-10(12)16-9/h4-5,8H,6-7H2,1-3H3. The third-order valence-electron chi connectivity index (χ3n) is 1.99. The average molecular weight is 262 g/mol. The maximum atomic E-state index is 11.6. The third kappa shape index (κ3) is 4.51. The van der Waals surface area contributed by atoms with Crippen LogP contribution in [0.3, 0.4) is 0 Å². The largest absolute Gasteiger partial charge is 0.369 e. The van der Waals surface area contributed by atoms with Gasteiger partial charge in [0.15, 0.2) is 0 Å². The summed E-state index contributed by atoms with van der Waals surface area (Å²) in [5.74, 6) is -0.0155. The van der Waals surface area contributed by atoms with Crippen LogP contribution >= 0.6 is 22.9 Å². The molecular formula is C11H16ClNO2S. The molecule has 0 saturated carbocycles. The molecule has 0 fully saturated rings. The van der Waals surface area contributed by atoms with Gasteiger partial charge < -0.3 is 9.64 Å². The number of amides is 1. The van der Waals surface area contributed by atoms with Gasteiger partial charge in [0.25, 0.3) is 0 Å². The smallest absolute Gasteiger partial charge is 0.248 e. The molecule has 0 N–H and O–H groups in total. The Labute approximate surface area is 105 Å². The zero-order chi connectivity index (χ0) is 12.1. The molecule has 0 atom stereocenters. The molecular weight excluding hydrogens is 246 g/mol. The summed E-state index contributed by atoms with van der Waals surface area (Å²) < 4.78 is 6.00. The van der Waals surface area contributed by atoms with E-state index >= 15 is 0 Å². The van der Waals surface area contributed by atoms with Gasteiger partial charge in [0.2, 0.25) is 5.91 Å². The van der Waals surface area contributed by atoms with Crippen molar-refractivity contribution in [2.75, 3.05) is 13.7 Å². The van der Waals surface area contributed by atoms with Crippen molar-refractivity contribution in [2.24, 2.45) is 0 Å². The van der Waals surface area contributed by atoms with Gasteiger partial charge in [-0.3, -0.25) is 4.79 Å². The third-order valence-corrected chi connectivity index (χ3v) is 3.20. The van der Waals surface area contributed by atoms with Crippen molar-refractivity contribution < 1.29 is 9.53 Å². The van der Waals surface area contributed by atoms with Crippen LogP contribution in [-0.2, 0) is 16.1 Å². The first kappa shape index (κ1) is 13.5. The summed E-state index contributed by atoms with van der Waals surface area (Å²) in [6.45, 7) is 4.53. The number of likely N-dealkylation sites (N-methyl/N-ethyl adjacent to an activating group) is 1. The molecule has 0 saturated heterocycles. The molecule has 1 amide bonds. The minimum absolute atomic E-state index is 0.0155. The van der Waals surface area contributed by atoms with E-state index in [1.54, 1.807) is 11.9 Å². The van der Waals surface area contributed by atoms with Crippen molar-refractivity contribution >= 4 is 28.8 Å². The van der Waals surface area contributed by atoms with Gasteiger partial charge in [0.1, 0.15) is 6.61 Å². The zero-order valence-corrected chi connectivity index (χ0v) is 11.3. The molecule has 0 aromatic carbocycles. The van der Waals surface area contributed by atoms with E-state index < -0.39 is 0 Å². The molecule has 0 unspecified atom stereocenters. The number of hydrogen-bond donors (Lipinski definition) is 0. The summed E-state index contributed by atoms with van der Waals surface area (Å²) in [6.07, 6.45) is 0.0773. The number of nitrogens with zero attached hydrogens (tertiary/aromatic N) is 1. The number of hydrogen-bond acceptors (Lipinski definition) is 3. The number of ether oxygens (including phenoxy) is 1. The van der Waals surface area contributed by atoms with Crippen LogP contribution in [0.25, 0.3) is 0 Å². The van der Waals surface area contributed by atoms with Crippen molar-refractivity contribution in [1.82, 2.24) is 4.90 Å². The lowest BCUT2D eigenvalue weighted by molar-refractivity contribution is -0.136. The molecule has 1 heterocycles. The first-order valence-electron chi connectivity index (χ1n) is 5.09. The lowest BCUT2D eigenvalue weighted by Gasteiger charge is -2.17. The molecule has 3 nitrogen and oxygen atoms in total. The van der Waals surface area contributed by atoms with Crippen molar-refractivity contribution in [1.29, 1.82) is 0 Å². The summed E-state index contributed by atoms with van der Waals surface area (Å²) >= 11 is 7.31. The highest BCUT2D eigenvalue weighted by atomic mass is 35.5. The minimum atomic E-state index is -0.0155. The normalized spacial score (nSPS) is 10.8. The van der Waals surface area contributed by atoms with Crippen molar-refractivity contribution in [2.45, 2.75) is 26.5 Å². The van der Waals surface area contributed by atoms with Crippen LogP contribution in [0, 0.1) is 0 Å². The molecule has 0 radical (unpaired) electrons. The van der Waals surface area contributed by atoms with E-state index in [0.29, 0.717) is 6.54 Å². The molecule has 5 heteroatoms. The van der Waals surface area contributed by atoms with E-state index in [-0.39, 0.29) is 18.6 Å². The van der Waals surface area contributed by atoms with Crippen LogP contribution in [0.15, 0.2) is 12.1 Å². The molecule has 0 aliphatic carbocycles. The van der Waals surface area contributed by atoms with Crippen LogP contribution in [0.4, 0.5) is 0 Å². The predicted octanol–water partition coefficient (Wildman–Crippen LogP) is 2.78. The van der Waals surface area contributed by atoms with Gasteiger partial charge in [0.05, 0.1) is 17.0 Å². The van der Waals surface area contributed by atoms with Gasteiger partial charge in [0, 0.05) is 11.9 Å². The highest BCUT2D eigenvalue weighted by Gasteiger charge is 2.11. The second-order valence-corrected chi connectivity index (χ2v) is 5.62. The van der Waals surface area contributed by atoms with E-state index in [9.17, 15) is 4.79 Å². The first-order chi connectivity index (χ1) is 7.49. The molecule has 16 heavy (non-hydrogen) atoms. The van der Waals surface area contributed by atoms with Gasteiger partial charge >= 0.3 is 0 Å². The quantitative estimate of drug-likeness (QED) is 0.816. The zero-order valence-electron chi connectivity index (χ0n) is 9.70. The second-order valence-electron chi connectivity index (χ2n) is 3.82. The monoisotopic (exact) mass is 261 g/mol. The number of thiophene rings is 1. The first-order valence-corrected chi connectivity index (χ1v) is 6.28. The number of rotatable bonds is 5. The fourth-order valence-electron chi connectivity index (χ4n) is 1.11. The maximum absolute atomic E-state index is 11.6. The Morgan fingerprint density at radius 1 is 1.56 bits per heavy atom. The second kappa shape index (κ2) is 6.23. The van der Waals surface area contributed by atoms with E-state index in [1.807, 2.05) is 26.0 Å². The lowest BCUT2D eigenvalue weighted by Crippen LogP contribution is -2.30. The van der Waals surface area contributed by atoms with Crippen LogP contribution in [0.2, 0.25) is 4.34 Å². The topological polar surface area (TPSA) is 29.5 Å². The van der Waals surface area contributed by atoms with Crippen molar-refractivity contribution in [3.8, 4) is 0 Å². The minimum Gasteiger partial charge on any atom is -0.369 e. The molecule has 0 spiro atoms. The Morgan fingerprint density at radius 2 is 2.25 bits per heavy atom. The fraction of sp³-hybridized carbons (Fsp3) is 0.545. The lowest BCUT2D eigenvalue weighted by atomic mass is 10.4. The fourth-order valence-corrected chi connectivity index (χ4v) is 2.25. The predicted molar refractivity (Wildman–Crippen MR) is 66.9 cm³/mol. The number of halogens is 1. The van der Waals surface area contributed by atoms with Gasteiger partial charge in [-0.25, -0.2) is 0 Å². The Hall–Kier alpha value is -0.580. The molecule has 0 aliphatic rings. The van der Waals surface area contributed by atoms with E-state index in [2.05, 4.69) is 0 Å². The number of carbonyl (C=O) groups is 1. The summed E-state index contributed by atoms with van der Waals surface area (Å²) in [4.78, 5) is 14.3. The van der Waals surface area contributed by atoms with E-state index in [1.165, 1.54) is 11.3 Å². The molecule has 0 bridgehead atoms. The maximum Gasteiger partial charge on any atom is 0.248 e. The molecule has 90 valence electrons. The highest BCUT2D eigenvalue weighted by molar-refractivity contribution is 7.16. The van der Waals surface area contributed by atoms with Gasteiger partial charge in [-0.2, -0.15) is 0 Å². The number of carbonyl (C=O) groups excluding carboxylic acids is 1. The summed E-state index contributed by atoms with van der Waals surface area (Å²) in [5, 5.41) is 0.